The van der Waals surface area contributed by atoms with Crippen molar-refractivity contribution in [3.8, 4) is 16.9 Å². The minimum atomic E-state index is -4.30. The van der Waals surface area contributed by atoms with Gasteiger partial charge in [0.05, 0.1) is 5.75 Å². The fourth-order valence-corrected chi connectivity index (χ4v) is 5.63. The molecule has 0 N–H and O–H groups in total. The van der Waals surface area contributed by atoms with Crippen LogP contribution in [-0.4, -0.2) is 50.0 Å². The Hall–Kier alpha value is -2.13. The van der Waals surface area contributed by atoms with Gasteiger partial charge in [-0.25, -0.2) is 12.8 Å². The first-order valence-corrected chi connectivity index (χ1v) is 13.4. The largest absolute Gasteiger partial charge is 0.487 e. The Morgan fingerprint density at radius 1 is 1.00 bits per heavy atom. The molecule has 186 valence electrons. The Labute approximate surface area is 197 Å². The Morgan fingerprint density at radius 3 is 2.21 bits per heavy atom. The number of piperidine rings is 1. The van der Waals surface area contributed by atoms with Gasteiger partial charge in [0.1, 0.15) is 22.7 Å². The highest BCUT2D eigenvalue weighted by molar-refractivity contribution is 7.89. The van der Waals surface area contributed by atoms with E-state index in [1.807, 2.05) is 18.2 Å². The van der Waals surface area contributed by atoms with Crippen molar-refractivity contribution in [2.24, 2.45) is 0 Å². The van der Waals surface area contributed by atoms with E-state index in [4.69, 9.17) is 4.74 Å². The molecule has 2 heterocycles. The molecule has 2 aliphatic rings. The van der Waals surface area contributed by atoms with E-state index in [1.54, 1.807) is 6.07 Å². The lowest BCUT2D eigenvalue weighted by atomic mass is 9.81. The summed E-state index contributed by atoms with van der Waals surface area (Å²) in [7, 11) is -3.34. The second-order valence-electron chi connectivity index (χ2n) is 10.0. The number of sulfone groups is 1. The molecule has 1 fully saturated rings. The highest BCUT2D eigenvalue weighted by atomic mass is 32.2. The summed E-state index contributed by atoms with van der Waals surface area (Å²) in [6.07, 6.45) is -0.735. The van der Waals surface area contributed by atoms with Gasteiger partial charge in [-0.1, -0.05) is 18.2 Å². The third kappa shape index (κ3) is 4.96. The number of fused-ring (bicyclic) bond motifs is 1. The van der Waals surface area contributed by atoms with Crippen LogP contribution >= 0.6 is 0 Å². The fourth-order valence-electron chi connectivity index (χ4n) is 4.83. The lowest BCUT2D eigenvalue weighted by Crippen LogP contribution is -2.60. The highest BCUT2D eigenvalue weighted by Gasteiger charge is 2.53. The topological polar surface area (TPSA) is 46.6 Å². The van der Waals surface area contributed by atoms with E-state index >= 15 is 0 Å². The van der Waals surface area contributed by atoms with Gasteiger partial charge < -0.3 is 4.74 Å². The summed E-state index contributed by atoms with van der Waals surface area (Å²) in [6, 6.07) is 10.1. The normalized spacial score (nSPS) is 19.0. The van der Waals surface area contributed by atoms with Gasteiger partial charge in [0.25, 0.3) is 0 Å². The maximum Gasteiger partial charge on any atom is 0.406 e. The quantitative estimate of drug-likeness (QED) is 0.519. The fraction of sp³-hybridized carbons (Fsp3) is 0.520. The zero-order valence-electron chi connectivity index (χ0n) is 19.5. The van der Waals surface area contributed by atoms with Crippen molar-refractivity contribution in [1.82, 2.24) is 4.90 Å². The summed E-state index contributed by atoms with van der Waals surface area (Å²) in [5, 5.41) is 0. The van der Waals surface area contributed by atoms with E-state index in [0.29, 0.717) is 43.7 Å². The summed E-state index contributed by atoms with van der Waals surface area (Å²) in [4.78, 5) is 1.49. The van der Waals surface area contributed by atoms with Crippen molar-refractivity contribution in [2.75, 3.05) is 19.3 Å². The van der Waals surface area contributed by atoms with Crippen molar-refractivity contribution >= 4 is 9.84 Å². The third-order valence-corrected chi connectivity index (χ3v) is 8.04. The van der Waals surface area contributed by atoms with Crippen LogP contribution in [0, 0.1) is 5.82 Å². The first-order valence-electron chi connectivity index (χ1n) is 11.3. The molecule has 0 aliphatic carbocycles. The molecule has 9 heteroatoms. The zero-order valence-corrected chi connectivity index (χ0v) is 20.3. The Morgan fingerprint density at radius 2 is 1.62 bits per heavy atom. The smallest absolute Gasteiger partial charge is 0.406 e. The van der Waals surface area contributed by atoms with Crippen LogP contribution in [0.2, 0.25) is 0 Å². The summed E-state index contributed by atoms with van der Waals surface area (Å²) in [5.41, 5.74) is 0.204. The first kappa shape index (κ1) is 25.0. The van der Waals surface area contributed by atoms with E-state index in [1.165, 1.54) is 30.9 Å². The first-order chi connectivity index (χ1) is 15.7. The van der Waals surface area contributed by atoms with E-state index in [9.17, 15) is 26.0 Å². The van der Waals surface area contributed by atoms with E-state index in [2.05, 4.69) is 0 Å². The molecule has 0 aromatic heterocycles. The average molecular weight is 500 g/mol. The predicted molar refractivity (Wildman–Crippen MR) is 123 cm³/mol. The van der Waals surface area contributed by atoms with Gasteiger partial charge in [0.2, 0.25) is 0 Å². The highest BCUT2D eigenvalue weighted by Crippen LogP contribution is 2.44. The molecular formula is C25H29F4NO3S. The molecular weight excluding hydrogens is 470 g/mol. The SMILES string of the molecule is CC(C)(N1CCC2(CCc3cc(-c4ccc(CS(C)(=O)=O)c(F)c4)ccc3O2)CC1)C(F)(F)F. The number of ether oxygens (including phenoxy) is 1. The molecule has 0 radical (unpaired) electrons. The minimum absolute atomic E-state index is 0.134. The van der Waals surface area contributed by atoms with Crippen LogP contribution in [0.25, 0.3) is 11.1 Å². The van der Waals surface area contributed by atoms with Gasteiger partial charge >= 0.3 is 6.18 Å². The summed E-state index contributed by atoms with van der Waals surface area (Å²) < 4.78 is 84.0. The van der Waals surface area contributed by atoms with Gasteiger partial charge in [0.15, 0.2) is 9.84 Å². The van der Waals surface area contributed by atoms with Crippen molar-refractivity contribution in [1.29, 1.82) is 0 Å². The van der Waals surface area contributed by atoms with Crippen molar-refractivity contribution in [3.63, 3.8) is 0 Å². The van der Waals surface area contributed by atoms with Crippen molar-refractivity contribution in [3.05, 3.63) is 53.3 Å². The molecule has 4 nitrogen and oxygen atoms in total. The van der Waals surface area contributed by atoms with Gasteiger partial charge in [-0.3, -0.25) is 4.90 Å². The maximum atomic E-state index is 14.5. The van der Waals surface area contributed by atoms with Gasteiger partial charge in [-0.15, -0.1) is 0 Å². The molecule has 0 unspecified atom stereocenters. The molecule has 1 spiro atoms. The molecule has 0 bridgehead atoms. The van der Waals surface area contributed by atoms with E-state index < -0.39 is 33.0 Å². The molecule has 1 saturated heterocycles. The number of benzene rings is 2. The van der Waals surface area contributed by atoms with Crippen LogP contribution in [0.5, 0.6) is 5.75 Å². The molecule has 0 atom stereocenters. The number of likely N-dealkylation sites (tertiary alicyclic amines) is 1. The van der Waals surface area contributed by atoms with Gasteiger partial charge in [0, 0.05) is 24.9 Å². The standard InChI is InChI=1S/C25H29F4NO3S/c1-23(2,25(27,28)29)30-12-10-24(11-13-30)9-8-19-14-17(6-7-22(19)33-24)18-4-5-20(21(26)15-18)16-34(3,31)32/h4-7,14-15H,8-13,16H2,1-3H3. The molecule has 2 aliphatic heterocycles. The minimum Gasteiger partial charge on any atom is -0.487 e. The molecule has 0 amide bonds. The number of hydrogen-bond donors (Lipinski definition) is 0. The zero-order chi connectivity index (χ0) is 24.9. The lowest BCUT2D eigenvalue weighted by molar-refractivity contribution is -0.227. The van der Waals surface area contributed by atoms with Crippen LogP contribution in [0.15, 0.2) is 36.4 Å². The summed E-state index contributed by atoms with van der Waals surface area (Å²) in [5.74, 6) is -0.200. The Bertz CT molecular complexity index is 1180. The number of alkyl halides is 3. The van der Waals surface area contributed by atoms with Crippen molar-refractivity contribution in [2.45, 2.75) is 62.6 Å². The average Bonchev–Trinajstić information content (AvgIpc) is 2.73. The second kappa shape index (κ2) is 8.52. The lowest BCUT2D eigenvalue weighted by Gasteiger charge is -2.49. The summed E-state index contributed by atoms with van der Waals surface area (Å²) in [6.45, 7) is 3.08. The Balaban J connectivity index is 1.48. The van der Waals surface area contributed by atoms with E-state index in [-0.39, 0.29) is 11.3 Å². The van der Waals surface area contributed by atoms with E-state index in [0.717, 1.165) is 23.8 Å². The third-order valence-electron chi connectivity index (χ3n) is 7.20. The predicted octanol–water partition coefficient (Wildman–Crippen LogP) is 5.54. The van der Waals surface area contributed by atoms with Crippen LogP contribution < -0.4 is 4.74 Å². The van der Waals surface area contributed by atoms with Crippen LogP contribution in [0.3, 0.4) is 0 Å². The molecule has 2 aromatic carbocycles. The number of nitrogens with zero attached hydrogens (tertiary/aromatic N) is 1. The number of hydrogen-bond acceptors (Lipinski definition) is 4. The molecule has 2 aromatic rings. The Kier molecular flexibility index (Phi) is 6.26. The van der Waals surface area contributed by atoms with Crippen LogP contribution in [0.1, 0.15) is 44.2 Å². The van der Waals surface area contributed by atoms with Crippen LogP contribution in [-0.2, 0) is 22.0 Å². The molecule has 34 heavy (non-hydrogen) atoms. The number of aryl methyl sites for hydroxylation is 1. The molecule has 0 saturated carbocycles. The second-order valence-corrected chi connectivity index (χ2v) is 12.2. The monoisotopic (exact) mass is 499 g/mol. The summed E-state index contributed by atoms with van der Waals surface area (Å²) >= 11 is 0. The van der Waals surface area contributed by atoms with Gasteiger partial charge in [-0.05, 0) is 74.4 Å². The number of rotatable bonds is 4. The molecule has 4 rings (SSSR count). The van der Waals surface area contributed by atoms with Crippen LogP contribution in [0.4, 0.5) is 17.6 Å². The maximum absolute atomic E-state index is 14.5. The van der Waals surface area contributed by atoms with Crippen molar-refractivity contribution < 1.29 is 30.7 Å². The van der Waals surface area contributed by atoms with Gasteiger partial charge in [-0.2, -0.15) is 13.2 Å². The number of halogens is 4.